The van der Waals surface area contributed by atoms with Gasteiger partial charge in [0.05, 0.1) is 0 Å². The first kappa shape index (κ1) is 9.97. The summed E-state index contributed by atoms with van der Waals surface area (Å²) in [6.07, 6.45) is 4.16. The Balaban J connectivity index is 1.79. The van der Waals surface area contributed by atoms with Crippen LogP contribution in [0.15, 0.2) is 0 Å². The molecule has 2 aliphatic rings. The number of nitrogens with one attached hydrogen (secondary N) is 1. The lowest BCUT2D eigenvalue weighted by Gasteiger charge is -2.51. The van der Waals surface area contributed by atoms with Gasteiger partial charge in [0.2, 0.25) is 5.91 Å². The Labute approximate surface area is 85.8 Å². The van der Waals surface area contributed by atoms with E-state index in [1.807, 2.05) is 0 Å². The first-order valence-corrected chi connectivity index (χ1v) is 5.83. The van der Waals surface area contributed by atoms with Crippen molar-refractivity contribution in [3.63, 3.8) is 0 Å². The molecule has 2 atom stereocenters. The van der Waals surface area contributed by atoms with Gasteiger partial charge in [-0.05, 0) is 25.3 Å². The zero-order chi connectivity index (χ0) is 9.97. The molecule has 3 heteroatoms. The van der Waals surface area contributed by atoms with E-state index in [0.29, 0.717) is 11.9 Å². The Morgan fingerprint density at radius 1 is 1.57 bits per heavy atom. The number of hydrogen-bond donors (Lipinski definition) is 1. The van der Waals surface area contributed by atoms with E-state index in [4.69, 9.17) is 0 Å². The first-order valence-electron chi connectivity index (χ1n) is 5.83. The van der Waals surface area contributed by atoms with Crippen LogP contribution in [0.25, 0.3) is 0 Å². The fraction of sp³-hybridized carbons (Fsp3) is 0.909. The van der Waals surface area contributed by atoms with Gasteiger partial charge in [0.15, 0.2) is 0 Å². The number of fused-ring (bicyclic) bond motifs is 1. The second-order valence-corrected chi connectivity index (χ2v) is 4.47. The molecule has 2 rings (SSSR count). The molecular weight excluding hydrogens is 176 g/mol. The lowest BCUT2D eigenvalue weighted by atomic mass is 9.83. The third kappa shape index (κ3) is 1.78. The van der Waals surface area contributed by atoms with Crippen LogP contribution in [0.1, 0.15) is 32.6 Å². The fourth-order valence-corrected chi connectivity index (χ4v) is 2.48. The zero-order valence-electron chi connectivity index (χ0n) is 8.96. The molecule has 2 heterocycles. The summed E-state index contributed by atoms with van der Waals surface area (Å²) < 4.78 is 0. The number of unbranched alkanes of at least 4 members (excludes halogenated alkanes) is 1. The quantitative estimate of drug-likeness (QED) is 0.730. The molecule has 14 heavy (non-hydrogen) atoms. The van der Waals surface area contributed by atoms with Crippen molar-refractivity contribution >= 4 is 5.91 Å². The zero-order valence-corrected chi connectivity index (χ0v) is 8.96. The number of amides is 1. The Morgan fingerprint density at radius 3 is 3.14 bits per heavy atom. The maximum absolute atomic E-state index is 11.7. The number of carbonyl (C=O) groups is 1. The molecule has 0 saturated carbocycles. The fourth-order valence-electron chi connectivity index (χ4n) is 2.48. The summed E-state index contributed by atoms with van der Waals surface area (Å²) in [7, 11) is 0. The average molecular weight is 196 g/mol. The highest BCUT2D eigenvalue weighted by molar-refractivity contribution is 5.77. The number of nitrogens with zero attached hydrogens (tertiary/aromatic N) is 1. The van der Waals surface area contributed by atoms with Crippen molar-refractivity contribution in [1.82, 2.24) is 10.2 Å². The minimum atomic E-state index is 0.372. The van der Waals surface area contributed by atoms with Gasteiger partial charge in [0, 0.05) is 25.6 Å². The molecule has 80 valence electrons. The lowest BCUT2D eigenvalue weighted by molar-refractivity contribution is -0.145. The standard InChI is InChI=1S/C11H20N2O/c1-2-3-4-11(14)13-8-9-5-6-12-7-10(9)13/h9-10,12H,2-8H2,1H3/t9-,10-/m0/s1. The highest BCUT2D eigenvalue weighted by Gasteiger charge is 2.42. The number of likely N-dealkylation sites (tertiary alicyclic amines) is 1. The normalized spacial score (nSPS) is 30.8. The molecule has 0 bridgehead atoms. The van der Waals surface area contributed by atoms with Crippen molar-refractivity contribution in [2.24, 2.45) is 5.92 Å². The van der Waals surface area contributed by atoms with E-state index in [-0.39, 0.29) is 0 Å². The molecule has 0 radical (unpaired) electrons. The Bertz CT molecular complexity index is 217. The Morgan fingerprint density at radius 2 is 2.43 bits per heavy atom. The molecule has 2 aliphatic heterocycles. The number of piperidine rings is 1. The molecule has 0 spiro atoms. The van der Waals surface area contributed by atoms with Gasteiger partial charge < -0.3 is 10.2 Å². The van der Waals surface area contributed by atoms with Gasteiger partial charge in [0.25, 0.3) is 0 Å². The lowest BCUT2D eigenvalue weighted by Crippen LogP contribution is -2.65. The highest BCUT2D eigenvalue weighted by Crippen LogP contribution is 2.30. The Hall–Kier alpha value is -0.570. The first-order chi connectivity index (χ1) is 6.83. The minimum absolute atomic E-state index is 0.372. The topological polar surface area (TPSA) is 32.3 Å². The summed E-state index contributed by atoms with van der Waals surface area (Å²) in [5.74, 6) is 1.17. The number of rotatable bonds is 3. The molecule has 2 saturated heterocycles. The van der Waals surface area contributed by atoms with Crippen molar-refractivity contribution in [3.8, 4) is 0 Å². The summed E-state index contributed by atoms with van der Waals surface area (Å²) in [6.45, 7) is 5.31. The predicted molar refractivity (Wildman–Crippen MR) is 56.0 cm³/mol. The molecule has 0 aromatic rings. The van der Waals surface area contributed by atoms with Crippen LogP contribution in [-0.4, -0.2) is 36.5 Å². The molecule has 0 aromatic heterocycles. The Kier molecular flexibility index (Phi) is 3.06. The molecule has 0 unspecified atom stereocenters. The van der Waals surface area contributed by atoms with Crippen LogP contribution in [0.5, 0.6) is 0 Å². The van der Waals surface area contributed by atoms with Crippen molar-refractivity contribution in [3.05, 3.63) is 0 Å². The molecule has 0 aliphatic carbocycles. The number of hydrogen-bond acceptors (Lipinski definition) is 2. The monoisotopic (exact) mass is 196 g/mol. The van der Waals surface area contributed by atoms with Gasteiger partial charge in [-0.3, -0.25) is 4.79 Å². The maximum Gasteiger partial charge on any atom is 0.222 e. The van der Waals surface area contributed by atoms with Crippen molar-refractivity contribution < 1.29 is 4.79 Å². The van der Waals surface area contributed by atoms with Crippen LogP contribution in [0.3, 0.4) is 0 Å². The van der Waals surface area contributed by atoms with E-state index in [1.165, 1.54) is 6.42 Å². The minimum Gasteiger partial charge on any atom is -0.338 e. The van der Waals surface area contributed by atoms with Gasteiger partial charge in [-0.1, -0.05) is 13.3 Å². The molecule has 3 nitrogen and oxygen atoms in total. The molecule has 2 fully saturated rings. The van der Waals surface area contributed by atoms with Gasteiger partial charge >= 0.3 is 0 Å². The van der Waals surface area contributed by atoms with Gasteiger partial charge in [-0.2, -0.15) is 0 Å². The van der Waals surface area contributed by atoms with E-state index >= 15 is 0 Å². The smallest absolute Gasteiger partial charge is 0.222 e. The SMILES string of the molecule is CCCCC(=O)N1C[C@@H]2CCNC[C@@H]21. The van der Waals surface area contributed by atoms with E-state index in [1.54, 1.807) is 0 Å². The van der Waals surface area contributed by atoms with Crippen LogP contribution >= 0.6 is 0 Å². The maximum atomic E-state index is 11.7. The summed E-state index contributed by atoms with van der Waals surface area (Å²) in [5, 5.41) is 3.36. The van der Waals surface area contributed by atoms with Crippen LogP contribution in [0.2, 0.25) is 0 Å². The van der Waals surface area contributed by atoms with Gasteiger partial charge in [-0.25, -0.2) is 0 Å². The highest BCUT2D eigenvalue weighted by atomic mass is 16.2. The van der Waals surface area contributed by atoms with Crippen LogP contribution in [0.4, 0.5) is 0 Å². The molecule has 0 aromatic carbocycles. The molecule has 1 N–H and O–H groups in total. The van der Waals surface area contributed by atoms with Gasteiger partial charge in [0.1, 0.15) is 0 Å². The summed E-state index contributed by atoms with van der Waals surface area (Å²) >= 11 is 0. The largest absolute Gasteiger partial charge is 0.338 e. The van der Waals surface area contributed by atoms with Crippen LogP contribution in [0, 0.1) is 5.92 Å². The summed E-state index contributed by atoms with van der Waals surface area (Å²) in [5.41, 5.74) is 0. The predicted octanol–water partition coefficient (Wildman–Crippen LogP) is 0.997. The van der Waals surface area contributed by atoms with Crippen molar-refractivity contribution in [2.75, 3.05) is 19.6 Å². The number of carbonyl (C=O) groups excluding carboxylic acids is 1. The van der Waals surface area contributed by atoms with E-state index in [9.17, 15) is 4.79 Å². The third-order valence-corrected chi connectivity index (χ3v) is 3.49. The van der Waals surface area contributed by atoms with E-state index in [2.05, 4.69) is 17.1 Å². The molecular formula is C11H20N2O. The van der Waals surface area contributed by atoms with Crippen LogP contribution < -0.4 is 5.32 Å². The van der Waals surface area contributed by atoms with Crippen LogP contribution in [-0.2, 0) is 4.79 Å². The third-order valence-electron chi connectivity index (χ3n) is 3.49. The second-order valence-electron chi connectivity index (χ2n) is 4.47. The second kappa shape index (κ2) is 4.30. The summed E-state index contributed by atoms with van der Waals surface area (Å²) in [6, 6.07) is 0.521. The van der Waals surface area contributed by atoms with E-state index < -0.39 is 0 Å². The molecule has 1 amide bonds. The average Bonchev–Trinajstić information content (AvgIpc) is 2.17. The van der Waals surface area contributed by atoms with Crippen molar-refractivity contribution in [1.29, 1.82) is 0 Å². The summed E-state index contributed by atoms with van der Waals surface area (Å²) in [4.78, 5) is 13.8. The van der Waals surface area contributed by atoms with Gasteiger partial charge in [-0.15, -0.1) is 0 Å². The van der Waals surface area contributed by atoms with E-state index in [0.717, 1.165) is 44.8 Å². The van der Waals surface area contributed by atoms with Crippen molar-refractivity contribution in [2.45, 2.75) is 38.6 Å².